The summed E-state index contributed by atoms with van der Waals surface area (Å²) in [4.78, 5) is 12.6. The number of aromatic nitrogens is 2. The van der Waals surface area contributed by atoms with E-state index in [-0.39, 0.29) is 32.8 Å². The minimum atomic E-state index is -4.69. The monoisotopic (exact) mass is 532 g/mol. The van der Waals surface area contributed by atoms with Gasteiger partial charge < -0.3 is 5.32 Å². The number of nitrogens with zero attached hydrogens (tertiary/aromatic N) is 3. The van der Waals surface area contributed by atoms with Crippen LogP contribution in [0.3, 0.4) is 0 Å². The van der Waals surface area contributed by atoms with Crippen LogP contribution in [0, 0.1) is 18.3 Å². The molecule has 0 bridgehead atoms. The van der Waals surface area contributed by atoms with E-state index in [1.54, 1.807) is 6.07 Å². The largest absolute Gasteiger partial charge is 0.416 e. The van der Waals surface area contributed by atoms with Gasteiger partial charge in [0.15, 0.2) is 0 Å². The van der Waals surface area contributed by atoms with E-state index in [1.807, 2.05) is 0 Å². The smallest absolute Gasteiger partial charge is 0.320 e. The number of nitriles is 1. The number of halogens is 8. The number of amides is 1. The average molecular weight is 533 g/mol. The van der Waals surface area contributed by atoms with Crippen LogP contribution < -0.4 is 5.32 Å². The van der Waals surface area contributed by atoms with Crippen molar-refractivity contribution in [2.75, 3.05) is 5.32 Å². The van der Waals surface area contributed by atoms with Crippen molar-refractivity contribution in [2.24, 2.45) is 0 Å². The molecule has 0 saturated carbocycles. The van der Waals surface area contributed by atoms with Gasteiger partial charge in [-0.25, -0.2) is 4.68 Å². The number of hydrogen-bond acceptors (Lipinski definition) is 3. The standard InChI is InChI=1S/C22H12Cl2F6N4O/c1-11-16(19(24)34(33-11)15-5-2-13(3-6-15)21(25,26)27)8-12(10-31)20(35)32-18-9-14(22(28,29)30)4-7-17(18)23/h2-9H,1H3,(H,32,35)/b12-8+. The Hall–Kier alpha value is -3.49. The van der Waals surface area contributed by atoms with Crippen molar-refractivity contribution in [3.05, 3.63) is 80.6 Å². The van der Waals surface area contributed by atoms with Gasteiger partial charge in [-0.05, 0) is 55.5 Å². The first-order valence-electron chi connectivity index (χ1n) is 9.45. The SMILES string of the molecule is Cc1nn(-c2ccc(C(F)(F)F)cc2)c(Cl)c1/C=C(\C#N)C(=O)Nc1cc(C(F)(F)F)ccc1Cl. The van der Waals surface area contributed by atoms with Crippen molar-refractivity contribution in [1.82, 2.24) is 9.78 Å². The quantitative estimate of drug-likeness (QED) is 0.222. The Bertz CT molecular complexity index is 1350. The molecule has 1 N–H and O–H groups in total. The van der Waals surface area contributed by atoms with E-state index in [0.29, 0.717) is 6.07 Å². The maximum absolute atomic E-state index is 13.0. The minimum absolute atomic E-state index is 0.105. The van der Waals surface area contributed by atoms with Crippen molar-refractivity contribution in [2.45, 2.75) is 19.3 Å². The van der Waals surface area contributed by atoms with Crippen molar-refractivity contribution in [3.8, 4) is 11.8 Å². The molecule has 1 aromatic heterocycles. The highest BCUT2D eigenvalue weighted by Crippen LogP contribution is 2.34. The number of carbonyl (C=O) groups is 1. The Kier molecular flexibility index (Phi) is 7.19. The average Bonchev–Trinajstić information content (AvgIpc) is 3.05. The Morgan fingerprint density at radius 2 is 1.60 bits per heavy atom. The van der Waals surface area contributed by atoms with Crippen LogP contribution in [0.5, 0.6) is 0 Å². The van der Waals surface area contributed by atoms with Crippen LogP contribution in [-0.2, 0) is 17.1 Å². The summed E-state index contributed by atoms with van der Waals surface area (Å²) >= 11 is 12.2. The molecule has 0 fully saturated rings. The molecule has 3 rings (SSSR count). The minimum Gasteiger partial charge on any atom is -0.320 e. The number of carbonyl (C=O) groups excluding carboxylic acids is 1. The van der Waals surface area contributed by atoms with Crippen molar-refractivity contribution in [1.29, 1.82) is 5.26 Å². The predicted molar refractivity (Wildman–Crippen MR) is 117 cm³/mol. The number of anilines is 1. The fourth-order valence-electron chi connectivity index (χ4n) is 2.92. The van der Waals surface area contributed by atoms with E-state index in [2.05, 4.69) is 10.4 Å². The lowest BCUT2D eigenvalue weighted by Gasteiger charge is -2.11. The van der Waals surface area contributed by atoms with Gasteiger partial charge in [0.05, 0.1) is 33.2 Å². The number of hydrogen-bond donors (Lipinski definition) is 1. The molecule has 0 unspecified atom stereocenters. The first kappa shape index (κ1) is 26.1. The van der Waals surface area contributed by atoms with Crippen LogP contribution in [0.2, 0.25) is 10.2 Å². The van der Waals surface area contributed by atoms with Gasteiger partial charge >= 0.3 is 12.4 Å². The predicted octanol–water partition coefficient (Wildman–Crippen LogP) is 7.07. The zero-order chi connectivity index (χ0) is 26.1. The van der Waals surface area contributed by atoms with Gasteiger partial charge in [0.2, 0.25) is 0 Å². The van der Waals surface area contributed by atoms with E-state index in [0.717, 1.165) is 47.2 Å². The normalized spacial score (nSPS) is 12.4. The van der Waals surface area contributed by atoms with Crippen LogP contribution in [0.15, 0.2) is 48.0 Å². The van der Waals surface area contributed by atoms with E-state index in [9.17, 15) is 36.4 Å². The van der Waals surface area contributed by atoms with Crippen molar-refractivity contribution >= 4 is 40.9 Å². The second-order valence-corrected chi connectivity index (χ2v) is 7.83. The molecule has 0 radical (unpaired) electrons. The van der Waals surface area contributed by atoms with Crippen molar-refractivity contribution < 1.29 is 31.1 Å². The fourth-order valence-corrected chi connectivity index (χ4v) is 3.41. The highest BCUT2D eigenvalue weighted by molar-refractivity contribution is 6.34. The highest BCUT2D eigenvalue weighted by atomic mass is 35.5. The van der Waals surface area contributed by atoms with Crippen molar-refractivity contribution in [3.63, 3.8) is 0 Å². The molecule has 0 atom stereocenters. The van der Waals surface area contributed by atoms with Crippen LogP contribution in [0.25, 0.3) is 11.8 Å². The van der Waals surface area contributed by atoms with E-state index >= 15 is 0 Å². The molecule has 0 aliphatic carbocycles. The van der Waals surface area contributed by atoms with Crippen LogP contribution >= 0.6 is 23.2 Å². The zero-order valence-electron chi connectivity index (χ0n) is 17.4. The molecule has 0 spiro atoms. The third-order valence-corrected chi connectivity index (χ3v) is 5.38. The summed E-state index contributed by atoms with van der Waals surface area (Å²) < 4.78 is 78.4. The molecule has 0 saturated heterocycles. The summed E-state index contributed by atoms with van der Waals surface area (Å²) in [5.41, 5.74) is -2.31. The number of benzene rings is 2. The molecule has 35 heavy (non-hydrogen) atoms. The number of nitrogens with one attached hydrogen (secondary N) is 1. The Morgan fingerprint density at radius 1 is 1.03 bits per heavy atom. The third-order valence-electron chi connectivity index (χ3n) is 4.68. The van der Waals surface area contributed by atoms with Crippen LogP contribution in [-0.4, -0.2) is 15.7 Å². The Morgan fingerprint density at radius 3 is 2.14 bits per heavy atom. The lowest BCUT2D eigenvalue weighted by Crippen LogP contribution is -2.15. The summed E-state index contributed by atoms with van der Waals surface area (Å²) in [6, 6.07) is 7.89. The van der Waals surface area contributed by atoms with Gasteiger partial charge in [0.1, 0.15) is 16.8 Å². The Balaban J connectivity index is 1.93. The Labute approximate surface area is 204 Å². The molecule has 3 aromatic rings. The summed E-state index contributed by atoms with van der Waals surface area (Å²) in [6.45, 7) is 1.48. The molecule has 13 heteroatoms. The first-order valence-corrected chi connectivity index (χ1v) is 10.2. The summed E-state index contributed by atoms with van der Waals surface area (Å²) in [6.07, 6.45) is -8.16. The summed E-state index contributed by atoms with van der Waals surface area (Å²) in [7, 11) is 0. The first-order chi connectivity index (χ1) is 16.2. The maximum Gasteiger partial charge on any atom is 0.416 e. The lowest BCUT2D eigenvalue weighted by molar-refractivity contribution is -0.138. The van der Waals surface area contributed by atoms with Gasteiger partial charge in [-0.3, -0.25) is 4.79 Å². The second-order valence-electron chi connectivity index (χ2n) is 7.06. The molecule has 0 aliphatic rings. The molecular weight excluding hydrogens is 521 g/mol. The molecule has 182 valence electrons. The van der Waals surface area contributed by atoms with E-state index in [4.69, 9.17) is 23.2 Å². The van der Waals surface area contributed by atoms with Gasteiger partial charge in [-0.2, -0.15) is 36.7 Å². The lowest BCUT2D eigenvalue weighted by atomic mass is 10.1. The summed E-state index contributed by atoms with van der Waals surface area (Å²) in [5, 5.41) is 15.4. The zero-order valence-corrected chi connectivity index (χ0v) is 18.9. The van der Waals surface area contributed by atoms with E-state index < -0.39 is 35.0 Å². The highest BCUT2D eigenvalue weighted by Gasteiger charge is 2.32. The van der Waals surface area contributed by atoms with Gasteiger partial charge in [-0.1, -0.05) is 23.2 Å². The molecule has 1 heterocycles. The number of rotatable bonds is 4. The summed E-state index contributed by atoms with van der Waals surface area (Å²) in [5.74, 6) is -1.06. The molecular formula is C22H12Cl2F6N4O. The molecule has 0 aliphatic heterocycles. The van der Waals surface area contributed by atoms with Crippen LogP contribution in [0.1, 0.15) is 22.4 Å². The van der Waals surface area contributed by atoms with Crippen LogP contribution in [0.4, 0.5) is 32.0 Å². The number of aryl methyl sites for hydroxylation is 1. The maximum atomic E-state index is 13.0. The third kappa shape index (κ3) is 5.78. The second kappa shape index (κ2) is 9.64. The molecule has 1 amide bonds. The van der Waals surface area contributed by atoms with Gasteiger partial charge in [-0.15, -0.1) is 0 Å². The fraction of sp³-hybridized carbons (Fsp3) is 0.136. The topological polar surface area (TPSA) is 70.7 Å². The van der Waals surface area contributed by atoms with Gasteiger partial charge in [0.25, 0.3) is 5.91 Å². The van der Waals surface area contributed by atoms with E-state index in [1.165, 1.54) is 6.92 Å². The number of alkyl halides is 6. The molecule has 5 nitrogen and oxygen atoms in total. The van der Waals surface area contributed by atoms with Gasteiger partial charge in [0, 0.05) is 5.56 Å². The molecule has 2 aromatic carbocycles.